The Morgan fingerprint density at radius 3 is 2.56 bits per heavy atom. The van der Waals surface area contributed by atoms with Gasteiger partial charge in [0, 0.05) is 31.4 Å². The lowest BCUT2D eigenvalue weighted by Gasteiger charge is -2.24. The molecule has 18 heavy (non-hydrogen) atoms. The maximum Gasteiger partial charge on any atom is 0.0545 e. The van der Waals surface area contributed by atoms with Crippen LogP contribution in [0.1, 0.15) is 31.2 Å². The first-order valence-corrected chi connectivity index (χ1v) is 6.97. The minimum absolute atomic E-state index is 0.0235. The lowest BCUT2D eigenvalue weighted by Crippen LogP contribution is -2.29. The van der Waals surface area contributed by atoms with Crippen LogP contribution in [0.25, 0.3) is 0 Å². The monoisotopic (exact) mass is 249 g/mol. The third-order valence-electron chi connectivity index (χ3n) is 4.78. The first-order valence-electron chi connectivity index (χ1n) is 6.97. The van der Waals surface area contributed by atoms with Gasteiger partial charge in [-0.3, -0.25) is 9.58 Å². The number of aliphatic hydroxyl groups is 1. The fourth-order valence-electron chi connectivity index (χ4n) is 3.88. The lowest BCUT2D eigenvalue weighted by atomic mass is 10.0. The molecule has 2 aliphatic rings. The summed E-state index contributed by atoms with van der Waals surface area (Å²) >= 11 is 0. The van der Waals surface area contributed by atoms with Crippen molar-refractivity contribution in [3.05, 3.63) is 18.0 Å². The number of hydrogen-bond acceptors (Lipinski definition) is 3. The molecule has 2 fully saturated rings. The number of hydrogen-bond donors (Lipinski definition) is 1. The van der Waals surface area contributed by atoms with Crippen LogP contribution in [0.2, 0.25) is 0 Å². The van der Waals surface area contributed by atoms with Gasteiger partial charge in [0.15, 0.2) is 0 Å². The van der Waals surface area contributed by atoms with Crippen molar-refractivity contribution in [2.45, 2.75) is 44.4 Å². The standard InChI is InChI=1S/C14H23N3O/c1-16(8-10-7-15-17(2)9-10)13-3-11-5-14(18)6-12(11)4-13/h7,9,11-14,18H,3-6,8H2,1-2H3/t11-,12+,13?,14?. The summed E-state index contributed by atoms with van der Waals surface area (Å²) in [5, 5.41) is 13.9. The molecule has 0 aromatic carbocycles. The second-order valence-electron chi connectivity index (χ2n) is 6.21. The second-order valence-corrected chi connectivity index (χ2v) is 6.21. The highest BCUT2D eigenvalue weighted by molar-refractivity contribution is 5.04. The molecule has 0 amide bonds. The molecule has 4 heteroatoms. The van der Waals surface area contributed by atoms with Gasteiger partial charge in [0.05, 0.1) is 12.3 Å². The van der Waals surface area contributed by atoms with E-state index < -0.39 is 0 Å². The fourth-order valence-corrected chi connectivity index (χ4v) is 3.88. The smallest absolute Gasteiger partial charge is 0.0545 e. The average Bonchev–Trinajstić information content (AvgIpc) is 2.92. The Kier molecular flexibility index (Phi) is 3.16. The van der Waals surface area contributed by atoms with Crippen molar-refractivity contribution >= 4 is 0 Å². The largest absolute Gasteiger partial charge is 0.393 e. The molecule has 1 aromatic heterocycles. The Morgan fingerprint density at radius 1 is 1.33 bits per heavy atom. The molecule has 2 aliphatic carbocycles. The first kappa shape index (κ1) is 12.2. The summed E-state index contributed by atoms with van der Waals surface area (Å²) in [5.74, 6) is 1.53. The van der Waals surface area contributed by atoms with Crippen molar-refractivity contribution in [2.24, 2.45) is 18.9 Å². The van der Waals surface area contributed by atoms with E-state index in [0.717, 1.165) is 31.2 Å². The van der Waals surface area contributed by atoms with Crippen molar-refractivity contribution in [2.75, 3.05) is 7.05 Å². The summed E-state index contributed by atoms with van der Waals surface area (Å²) < 4.78 is 1.86. The van der Waals surface area contributed by atoms with Gasteiger partial charge in [-0.2, -0.15) is 5.10 Å². The number of nitrogens with zero attached hydrogens (tertiary/aromatic N) is 3. The van der Waals surface area contributed by atoms with Gasteiger partial charge in [0.2, 0.25) is 0 Å². The van der Waals surface area contributed by atoms with Crippen LogP contribution in [0.4, 0.5) is 0 Å². The number of rotatable bonds is 3. The van der Waals surface area contributed by atoms with Crippen molar-refractivity contribution in [3.8, 4) is 0 Å². The predicted octanol–water partition coefficient (Wildman–Crippen LogP) is 1.40. The van der Waals surface area contributed by atoms with Crippen LogP contribution < -0.4 is 0 Å². The summed E-state index contributed by atoms with van der Waals surface area (Å²) in [7, 11) is 4.18. The van der Waals surface area contributed by atoms with Crippen molar-refractivity contribution in [3.63, 3.8) is 0 Å². The Bertz CT molecular complexity index is 403. The highest BCUT2D eigenvalue weighted by atomic mass is 16.3. The van der Waals surface area contributed by atoms with E-state index in [1.807, 2.05) is 17.9 Å². The molecule has 2 saturated carbocycles. The normalized spacial score (nSPS) is 35.3. The van der Waals surface area contributed by atoms with Gasteiger partial charge >= 0.3 is 0 Å². The van der Waals surface area contributed by atoms with Gasteiger partial charge in [0.25, 0.3) is 0 Å². The number of aliphatic hydroxyl groups excluding tert-OH is 1. The summed E-state index contributed by atoms with van der Waals surface area (Å²) in [6.45, 7) is 0.987. The van der Waals surface area contributed by atoms with Gasteiger partial charge in [0.1, 0.15) is 0 Å². The molecule has 2 unspecified atom stereocenters. The zero-order valence-corrected chi connectivity index (χ0v) is 11.3. The minimum Gasteiger partial charge on any atom is -0.393 e. The van der Waals surface area contributed by atoms with Crippen LogP contribution in [0.3, 0.4) is 0 Å². The first-order chi connectivity index (χ1) is 8.61. The van der Waals surface area contributed by atoms with E-state index in [1.54, 1.807) is 0 Å². The zero-order chi connectivity index (χ0) is 12.7. The lowest BCUT2D eigenvalue weighted by molar-refractivity contribution is 0.158. The molecule has 4 nitrogen and oxygen atoms in total. The molecule has 0 saturated heterocycles. The number of fused-ring (bicyclic) bond motifs is 1. The van der Waals surface area contributed by atoms with Crippen LogP contribution in [-0.4, -0.2) is 39.0 Å². The highest BCUT2D eigenvalue weighted by Crippen LogP contribution is 2.45. The molecule has 0 aliphatic heterocycles. The minimum atomic E-state index is -0.0235. The molecule has 1 heterocycles. The van der Waals surface area contributed by atoms with E-state index >= 15 is 0 Å². The van der Waals surface area contributed by atoms with Crippen molar-refractivity contribution in [1.82, 2.24) is 14.7 Å². The quantitative estimate of drug-likeness (QED) is 0.880. The number of aromatic nitrogens is 2. The molecule has 1 aromatic rings. The maximum atomic E-state index is 9.67. The van der Waals surface area contributed by atoms with E-state index in [2.05, 4.69) is 23.2 Å². The van der Waals surface area contributed by atoms with Crippen molar-refractivity contribution in [1.29, 1.82) is 0 Å². The number of aryl methyl sites for hydroxylation is 1. The molecule has 0 radical (unpaired) electrons. The SMILES string of the molecule is CN(Cc1cnn(C)c1)C1C[C@H]2CC(O)C[C@H]2C1. The molecule has 1 N–H and O–H groups in total. The topological polar surface area (TPSA) is 41.3 Å². The Balaban J connectivity index is 1.57. The molecule has 4 atom stereocenters. The van der Waals surface area contributed by atoms with E-state index in [4.69, 9.17) is 0 Å². The van der Waals surface area contributed by atoms with Gasteiger partial charge in [-0.25, -0.2) is 0 Å². The van der Waals surface area contributed by atoms with Crippen LogP contribution >= 0.6 is 0 Å². The summed E-state index contributed by atoms with van der Waals surface area (Å²) in [4.78, 5) is 2.46. The molecular formula is C14H23N3O. The molecule has 100 valence electrons. The maximum absolute atomic E-state index is 9.67. The van der Waals surface area contributed by atoms with Crippen LogP contribution in [0.15, 0.2) is 12.4 Å². The third-order valence-corrected chi connectivity index (χ3v) is 4.78. The molecule has 0 spiro atoms. The van der Waals surface area contributed by atoms with Gasteiger partial charge in [-0.15, -0.1) is 0 Å². The van der Waals surface area contributed by atoms with Crippen LogP contribution in [0, 0.1) is 11.8 Å². The van der Waals surface area contributed by atoms with Crippen LogP contribution in [0.5, 0.6) is 0 Å². The molecule has 3 rings (SSSR count). The van der Waals surface area contributed by atoms with Gasteiger partial charge < -0.3 is 5.11 Å². The second kappa shape index (κ2) is 4.67. The Hall–Kier alpha value is -0.870. The summed E-state index contributed by atoms with van der Waals surface area (Å²) in [5.41, 5.74) is 1.29. The average molecular weight is 249 g/mol. The van der Waals surface area contributed by atoms with E-state index in [1.165, 1.54) is 18.4 Å². The molecule has 0 bridgehead atoms. The fraction of sp³-hybridized carbons (Fsp3) is 0.786. The Labute approximate surface area is 109 Å². The van der Waals surface area contributed by atoms with E-state index in [0.29, 0.717) is 6.04 Å². The van der Waals surface area contributed by atoms with Crippen LogP contribution in [-0.2, 0) is 13.6 Å². The predicted molar refractivity (Wildman–Crippen MR) is 69.9 cm³/mol. The van der Waals surface area contributed by atoms with E-state index in [-0.39, 0.29) is 6.10 Å². The Morgan fingerprint density at radius 2 is 2.00 bits per heavy atom. The zero-order valence-electron chi connectivity index (χ0n) is 11.3. The summed E-state index contributed by atoms with van der Waals surface area (Å²) in [6, 6.07) is 0.688. The van der Waals surface area contributed by atoms with E-state index in [9.17, 15) is 5.11 Å². The van der Waals surface area contributed by atoms with Gasteiger partial charge in [-0.05, 0) is 44.6 Å². The highest BCUT2D eigenvalue weighted by Gasteiger charge is 2.42. The summed E-state index contributed by atoms with van der Waals surface area (Å²) in [6.07, 6.45) is 8.61. The van der Waals surface area contributed by atoms with Gasteiger partial charge in [-0.1, -0.05) is 0 Å². The van der Waals surface area contributed by atoms with Crippen molar-refractivity contribution < 1.29 is 5.11 Å². The third kappa shape index (κ3) is 2.31. The molecular weight excluding hydrogens is 226 g/mol.